The maximum atomic E-state index is 12.8. The highest BCUT2D eigenvalue weighted by atomic mass is 32.2. The first-order chi connectivity index (χ1) is 16.2. The minimum Gasteiger partial charge on any atom is -0.494 e. The van der Waals surface area contributed by atoms with E-state index in [2.05, 4.69) is 16.2 Å². The molecule has 2 aromatic rings. The summed E-state index contributed by atoms with van der Waals surface area (Å²) in [5.41, 5.74) is 9.84. The molecule has 1 aromatic carbocycles. The summed E-state index contributed by atoms with van der Waals surface area (Å²) in [4.78, 5) is 9.10. The number of ether oxygens (including phenoxy) is 1. The zero-order chi connectivity index (χ0) is 23.0. The number of rotatable bonds is 11. The Bertz CT molecular complexity index is 1000. The van der Waals surface area contributed by atoms with E-state index >= 15 is 0 Å². The van der Waals surface area contributed by atoms with Crippen LogP contribution in [0.2, 0.25) is 0 Å². The van der Waals surface area contributed by atoms with Gasteiger partial charge in [-0.15, -0.1) is 0 Å². The Balaban J connectivity index is 1.15. The molecule has 3 N–H and O–H groups in total. The van der Waals surface area contributed by atoms with Crippen LogP contribution >= 0.6 is 0 Å². The molecule has 9 nitrogen and oxygen atoms in total. The van der Waals surface area contributed by atoms with Crippen molar-refractivity contribution in [3.8, 4) is 5.75 Å². The van der Waals surface area contributed by atoms with Gasteiger partial charge in [0.2, 0.25) is 0 Å². The Morgan fingerprint density at radius 2 is 2.03 bits per heavy atom. The lowest BCUT2D eigenvalue weighted by Gasteiger charge is -2.18. The van der Waals surface area contributed by atoms with Gasteiger partial charge in [0.1, 0.15) is 18.2 Å². The molecule has 0 spiro atoms. The smallest absolute Gasteiger partial charge is 0.199 e. The molecule has 4 rings (SSSR count). The zero-order valence-electron chi connectivity index (χ0n) is 18.7. The van der Waals surface area contributed by atoms with Gasteiger partial charge in [-0.1, -0.05) is 5.16 Å². The lowest BCUT2D eigenvalue weighted by Crippen LogP contribution is -2.27. The van der Waals surface area contributed by atoms with E-state index in [9.17, 15) is 4.21 Å². The number of hydrogen-bond donors (Lipinski definition) is 2. The van der Waals surface area contributed by atoms with Gasteiger partial charge in [-0.25, -0.2) is 13.5 Å². The molecular formula is C23H31N5O4S. The summed E-state index contributed by atoms with van der Waals surface area (Å²) in [7, 11) is 0. The van der Waals surface area contributed by atoms with Crippen molar-refractivity contribution >= 4 is 28.4 Å². The third-order valence-electron chi connectivity index (χ3n) is 5.71. The summed E-state index contributed by atoms with van der Waals surface area (Å²) in [6.07, 6.45) is 6.34. The molecule has 178 valence electrons. The van der Waals surface area contributed by atoms with Crippen LogP contribution in [0.25, 0.3) is 0 Å². The largest absolute Gasteiger partial charge is 0.494 e. The highest BCUT2D eigenvalue weighted by molar-refractivity contribution is 7.84. The van der Waals surface area contributed by atoms with Crippen molar-refractivity contribution in [1.29, 1.82) is 0 Å². The molecule has 1 fully saturated rings. The van der Waals surface area contributed by atoms with E-state index in [0.29, 0.717) is 12.4 Å². The third-order valence-corrected chi connectivity index (χ3v) is 7.29. The number of nitrogens with two attached hydrogens (primary N) is 1. The van der Waals surface area contributed by atoms with Crippen LogP contribution in [0, 0.1) is 0 Å². The van der Waals surface area contributed by atoms with Gasteiger partial charge in [-0.3, -0.25) is 4.31 Å². The number of unbranched alkanes of at least 4 members (excludes halogenated alkanes) is 2. The number of fused-ring (bicyclic) bond motifs is 1. The molecule has 0 saturated carbocycles. The molecule has 0 amide bonds. The van der Waals surface area contributed by atoms with Crippen LogP contribution < -0.4 is 14.8 Å². The summed E-state index contributed by atoms with van der Waals surface area (Å²) >= 11 is -1.18. The van der Waals surface area contributed by atoms with Gasteiger partial charge in [0.05, 0.1) is 24.6 Å². The highest BCUT2D eigenvalue weighted by Gasteiger charge is 2.28. The van der Waals surface area contributed by atoms with Gasteiger partial charge in [0, 0.05) is 37.5 Å². The normalized spacial score (nSPS) is 19.2. The van der Waals surface area contributed by atoms with E-state index < -0.39 is 11.2 Å². The topological polar surface area (TPSA) is 114 Å². The molecule has 0 bridgehead atoms. The Kier molecular flexibility index (Phi) is 8.14. The number of anilines is 2. The van der Waals surface area contributed by atoms with Gasteiger partial charge in [0.25, 0.3) is 0 Å². The first-order valence-corrected chi connectivity index (χ1v) is 12.4. The van der Waals surface area contributed by atoms with Crippen LogP contribution in [0.1, 0.15) is 36.8 Å². The van der Waals surface area contributed by atoms with Crippen LogP contribution in [0.3, 0.4) is 0 Å². The number of nitrogens with zero attached hydrogens (tertiary/aromatic N) is 4. The van der Waals surface area contributed by atoms with E-state index in [1.54, 1.807) is 12.3 Å². The first kappa shape index (κ1) is 23.5. The summed E-state index contributed by atoms with van der Waals surface area (Å²) in [5, 5.41) is 12.9. The number of aliphatic hydroxyl groups excluding tert-OH is 1. The van der Waals surface area contributed by atoms with Crippen molar-refractivity contribution < 1.29 is 18.9 Å². The van der Waals surface area contributed by atoms with E-state index in [-0.39, 0.29) is 13.2 Å². The highest BCUT2D eigenvalue weighted by Crippen LogP contribution is 2.27. The summed E-state index contributed by atoms with van der Waals surface area (Å²) in [6.45, 7) is 3.12. The van der Waals surface area contributed by atoms with Gasteiger partial charge in [0.15, 0.2) is 11.2 Å². The second kappa shape index (κ2) is 11.4. The van der Waals surface area contributed by atoms with E-state index in [4.69, 9.17) is 20.4 Å². The van der Waals surface area contributed by atoms with Crippen LogP contribution in [0.15, 0.2) is 41.7 Å². The third kappa shape index (κ3) is 6.01. The second-order valence-electron chi connectivity index (χ2n) is 8.02. The first-order valence-electron chi connectivity index (χ1n) is 11.4. The Morgan fingerprint density at radius 1 is 1.12 bits per heavy atom. The van der Waals surface area contributed by atoms with Crippen LogP contribution in [-0.2, 0) is 22.4 Å². The maximum Gasteiger partial charge on any atom is 0.199 e. The molecule has 2 aliphatic rings. The fourth-order valence-corrected chi connectivity index (χ4v) is 5.38. The fourth-order valence-electron chi connectivity index (χ4n) is 4.05. The number of aliphatic hydroxyl groups is 1. The number of hydrogen-bond acceptors (Lipinski definition) is 7. The van der Waals surface area contributed by atoms with E-state index in [1.807, 2.05) is 26.8 Å². The van der Waals surface area contributed by atoms with Gasteiger partial charge in [-0.05, 0) is 61.9 Å². The number of nitrogen functional groups attached to an aromatic ring is 1. The van der Waals surface area contributed by atoms with E-state index in [1.165, 1.54) is 5.56 Å². The monoisotopic (exact) mass is 473 g/mol. The van der Waals surface area contributed by atoms with Crippen LogP contribution in [-0.4, -0.2) is 63.8 Å². The van der Waals surface area contributed by atoms with Gasteiger partial charge < -0.3 is 20.4 Å². The molecule has 0 radical (unpaired) electrons. The van der Waals surface area contributed by atoms with Gasteiger partial charge in [-0.2, -0.15) is 0 Å². The van der Waals surface area contributed by atoms with Gasteiger partial charge >= 0.3 is 0 Å². The predicted molar refractivity (Wildman–Crippen MR) is 129 cm³/mol. The number of aryl methyl sites for hydroxylation is 1. The molecule has 10 heteroatoms. The number of aromatic nitrogens is 1. The second-order valence-corrected chi connectivity index (χ2v) is 9.44. The minimum atomic E-state index is -1.18. The van der Waals surface area contributed by atoms with Crippen molar-refractivity contribution in [3.63, 3.8) is 0 Å². The predicted octanol–water partition coefficient (Wildman–Crippen LogP) is 2.27. The standard InChI is InChI=1S/C23H31N5O4S/c24-23-17-19(8-9-25-23)28-12-11-27(33(28)30)10-2-1-3-14-31-20-5-6-21-18(16-20)4-7-22(21)26-32-15-13-29/h5-6,8-9,16-17,29H,1-4,7,10-15H2,(H2,24,25)/b26-22+. The summed E-state index contributed by atoms with van der Waals surface area (Å²) in [6, 6.07) is 9.68. The molecule has 2 heterocycles. The summed E-state index contributed by atoms with van der Waals surface area (Å²) in [5.74, 6) is 1.31. The molecule has 33 heavy (non-hydrogen) atoms. The maximum absolute atomic E-state index is 12.8. The van der Waals surface area contributed by atoms with Crippen molar-refractivity contribution in [2.45, 2.75) is 32.1 Å². The summed E-state index contributed by atoms with van der Waals surface area (Å²) < 4.78 is 22.6. The van der Waals surface area contributed by atoms with Crippen molar-refractivity contribution in [2.24, 2.45) is 5.16 Å². The lowest BCUT2D eigenvalue weighted by molar-refractivity contribution is 0.0984. The molecule has 1 unspecified atom stereocenters. The average Bonchev–Trinajstić information content (AvgIpc) is 3.39. The molecule has 1 aliphatic carbocycles. The Morgan fingerprint density at radius 3 is 2.88 bits per heavy atom. The molecule has 1 saturated heterocycles. The molecular weight excluding hydrogens is 442 g/mol. The van der Waals surface area contributed by atoms with Crippen molar-refractivity contribution in [2.75, 3.05) is 49.5 Å². The SMILES string of the molecule is Nc1cc(N2CCN(CCCCCOc3ccc4c(c3)CC/C4=N\OCCO)S2=O)ccn1. The lowest BCUT2D eigenvalue weighted by atomic mass is 10.1. The fraction of sp³-hybridized carbons (Fsp3) is 0.478. The van der Waals surface area contributed by atoms with Crippen molar-refractivity contribution in [3.05, 3.63) is 47.7 Å². The quantitative estimate of drug-likeness (QED) is 0.382. The van der Waals surface area contributed by atoms with Crippen molar-refractivity contribution in [1.82, 2.24) is 9.29 Å². The average molecular weight is 474 g/mol. The Labute approximate surface area is 196 Å². The number of benzene rings is 1. The number of pyridine rings is 1. The zero-order valence-corrected chi connectivity index (χ0v) is 19.5. The van der Waals surface area contributed by atoms with Crippen LogP contribution in [0.4, 0.5) is 11.5 Å². The molecule has 1 aliphatic heterocycles. The Hall–Kier alpha value is -2.69. The number of oxime groups is 1. The molecule has 1 aromatic heterocycles. The minimum absolute atomic E-state index is 0.0358. The molecule has 1 atom stereocenters. The van der Waals surface area contributed by atoms with Crippen LogP contribution in [0.5, 0.6) is 5.75 Å². The van der Waals surface area contributed by atoms with E-state index in [0.717, 1.165) is 74.5 Å².